The number of carbonyl (C=O) groups is 2. The number of halogens is 1. The minimum absolute atomic E-state index is 0.0817. The molecule has 1 aliphatic rings. The Balaban J connectivity index is 1.41. The van der Waals surface area contributed by atoms with Crippen molar-refractivity contribution in [2.45, 2.75) is 6.42 Å². The van der Waals surface area contributed by atoms with Crippen LogP contribution in [0, 0.1) is 11.7 Å². The summed E-state index contributed by atoms with van der Waals surface area (Å²) in [6.45, 7) is 0.228. The molecule has 0 spiro atoms. The molecular formula is C23H18FNO3. The number of ether oxygens (including phenoxy) is 1. The maximum Gasteiger partial charge on any atom is 0.316 e. The predicted molar refractivity (Wildman–Crippen MR) is 104 cm³/mol. The SMILES string of the molecule is O=C(Oc1ccc(-c2ccccc2)cc1)[C@H]1CC(=O)N(c2ccc(F)cc2)C1. The van der Waals surface area contributed by atoms with Crippen LogP contribution in [0.4, 0.5) is 10.1 Å². The highest BCUT2D eigenvalue weighted by molar-refractivity contribution is 5.99. The number of amides is 1. The molecule has 5 heteroatoms. The van der Waals surface area contributed by atoms with Gasteiger partial charge in [-0.1, -0.05) is 42.5 Å². The Morgan fingerprint density at radius 3 is 2.21 bits per heavy atom. The molecule has 0 aromatic heterocycles. The molecule has 1 heterocycles. The van der Waals surface area contributed by atoms with E-state index in [-0.39, 0.29) is 24.7 Å². The van der Waals surface area contributed by atoms with Crippen LogP contribution in [0.5, 0.6) is 5.75 Å². The van der Waals surface area contributed by atoms with Gasteiger partial charge in [0, 0.05) is 18.7 Å². The lowest BCUT2D eigenvalue weighted by Gasteiger charge is -2.16. The number of nitrogens with zero attached hydrogens (tertiary/aromatic N) is 1. The monoisotopic (exact) mass is 375 g/mol. The van der Waals surface area contributed by atoms with Crippen LogP contribution in [0.25, 0.3) is 11.1 Å². The Morgan fingerprint density at radius 1 is 0.893 bits per heavy atom. The Labute approximate surface area is 162 Å². The Morgan fingerprint density at radius 2 is 1.54 bits per heavy atom. The second-order valence-corrected chi connectivity index (χ2v) is 6.69. The van der Waals surface area contributed by atoms with E-state index in [1.807, 2.05) is 42.5 Å². The quantitative estimate of drug-likeness (QED) is 0.500. The lowest BCUT2D eigenvalue weighted by atomic mass is 10.1. The van der Waals surface area contributed by atoms with E-state index in [1.165, 1.54) is 29.2 Å². The number of hydrogen-bond acceptors (Lipinski definition) is 3. The molecule has 3 aromatic carbocycles. The minimum atomic E-state index is -0.550. The van der Waals surface area contributed by atoms with Crippen LogP contribution >= 0.6 is 0 Å². The summed E-state index contributed by atoms with van der Waals surface area (Å²) in [7, 11) is 0. The predicted octanol–water partition coefficient (Wildman–Crippen LogP) is 4.45. The fraction of sp³-hybridized carbons (Fsp3) is 0.130. The van der Waals surface area contributed by atoms with Gasteiger partial charge in [0.1, 0.15) is 11.6 Å². The third kappa shape index (κ3) is 3.78. The van der Waals surface area contributed by atoms with Gasteiger partial charge >= 0.3 is 5.97 Å². The third-order valence-corrected chi connectivity index (χ3v) is 4.78. The standard InChI is InChI=1S/C23H18FNO3/c24-19-8-10-20(11-9-19)25-15-18(14-22(25)26)23(27)28-21-12-6-17(7-13-21)16-4-2-1-3-5-16/h1-13,18H,14-15H2/t18-/m0/s1. The van der Waals surface area contributed by atoms with Crippen LogP contribution in [-0.2, 0) is 9.59 Å². The summed E-state index contributed by atoms with van der Waals surface area (Å²) < 4.78 is 18.5. The molecule has 0 aliphatic carbocycles. The first-order chi connectivity index (χ1) is 13.6. The van der Waals surface area contributed by atoms with Crippen LogP contribution in [0.1, 0.15) is 6.42 Å². The molecule has 0 N–H and O–H groups in total. The topological polar surface area (TPSA) is 46.6 Å². The molecule has 0 bridgehead atoms. The molecule has 0 saturated carbocycles. The molecule has 3 aromatic rings. The lowest BCUT2D eigenvalue weighted by Crippen LogP contribution is -2.27. The van der Waals surface area contributed by atoms with Gasteiger partial charge in [0.25, 0.3) is 0 Å². The number of rotatable bonds is 4. The maximum atomic E-state index is 13.1. The van der Waals surface area contributed by atoms with Crippen molar-refractivity contribution < 1.29 is 18.7 Å². The molecule has 1 aliphatic heterocycles. The molecule has 1 fully saturated rings. The molecular weight excluding hydrogens is 357 g/mol. The van der Waals surface area contributed by atoms with E-state index in [1.54, 1.807) is 12.1 Å². The number of benzene rings is 3. The summed E-state index contributed by atoms with van der Waals surface area (Å²) in [5, 5.41) is 0. The molecule has 1 saturated heterocycles. The van der Waals surface area contributed by atoms with Crippen molar-refractivity contribution in [3.05, 3.63) is 84.7 Å². The molecule has 1 atom stereocenters. The van der Waals surface area contributed by atoms with Gasteiger partial charge in [-0.3, -0.25) is 9.59 Å². The first kappa shape index (κ1) is 17.9. The largest absolute Gasteiger partial charge is 0.426 e. The minimum Gasteiger partial charge on any atom is -0.426 e. The number of esters is 1. The molecule has 1 amide bonds. The summed E-state index contributed by atoms with van der Waals surface area (Å²) in [5.41, 5.74) is 2.68. The number of hydrogen-bond donors (Lipinski definition) is 0. The van der Waals surface area contributed by atoms with Crippen molar-refractivity contribution in [1.82, 2.24) is 0 Å². The van der Waals surface area contributed by atoms with Crippen LogP contribution in [0.2, 0.25) is 0 Å². The van der Waals surface area contributed by atoms with Crippen molar-refractivity contribution in [3.63, 3.8) is 0 Å². The summed E-state index contributed by atoms with van der Waals surface area (Å²) >= 11 is 0. The molecule has 28 heavy (non-hydrogen) atoms. The van der Waals surface area contributed by atoms with Crippen molar-refractivity contribution in [2.24, 2.45) is 5.92 Å². The molecule has 4 nitrogen and oxygen atoms in total. The van der Waals surface area contributed by atoms with E-state index in [0.717, 1.165) is 11.1 Å². The van der Waals surface area contributed by atoms with Gasteiger partial charge in [-0.25, -0.2) is 4.39 Å². The molecule has 0 radical (unpaired) electrons. The first-order valence-corrected chi connectivity index (χ1v) is 9.03. The Hall–Kier alpha value is -3.47. The number of anilines is 1. The summed E-state index contributed by atoms with van der Waals surface area (Å²) in [4.78, 5) is 26.2. The summed E-state index contributed by atoms with van der Waals surface area (Å²) in [6.07, 6.45) is 0.0817. The van der Waals surface area contributed by atoms with Crippen molar-refractivity contribution in [3.8, 4) is 16.9 Å². The second-order valence-electron chi connectivity index (χ2n) is 6.69. The average molecular weight is 375 g/mol. The average Bonchev–Trinajstić information content (AvgIpc) is 3.12. The Bertz CT molecular complexity index is 985. The van der Waals surface area contributed by atoms with Crippen molar-refractivity contribution >= 4 is 17.6 Å². The van der Waals surface area contributed by atoms with Gasteiger partial charge in [0.2, 0.25) is 5.91 Å². The van der Waals surface area contributed by atoms with Gasteiger partial charge in [0.15, 0.2) is 0 Å². The van der Waals surface area contributed by atoms with Crippen LogP contribution in [-0.4, -0.2) is 18.4 Å². The van der Waals surface area contributed by atoms with E-state index in [0.29, 0.717) is 11.4 Å². The van der Waals surface area contributed by atoms with Gasteiger partial charge in [-0.15, -0.1) is 0 Å². The normalized spacial score (nSPS) is 16.2. The van der Waals surface area contributed by atoms with E-state index in [4.69, 9.17) is 4.74 Å². The highest BCUT2D eigenvalue weighted by atomic mass is 19.1. The summed E-state index contributed by atoms with van der Waals surface area (Å²) in [6, 6.07) is 22.8. The molecule has 0 unspecified atom stereocenters. The van der Waals surface area contributed by atoms with E-state index in [2.05, 4.69) is 0 Å². The zero-order chi connectivity index (χ0) is 19.5. The highest BCUT2D eigenvalue weighted by Gasteiger charge is 2.36. The zero-order valence-corrected chi connectivity index (χ0v) is 15.0. The van der Waals surface area contributed by atoms with Crippen molar-refractivity contribution in [2.75, 3.05) is 11.4 Å². The maximum absolute atomic E-state index is 13.1. The third-order valence-electron chi connectivity index (χ3n) is 4.78. The van der Waals surface area contributed by atoms with Crippen molar-refractivity contribution in [1.29, 1.82) is 0 Å². The van der Waals surface area contributed by atoms with Gasteiger partial charge in [-0.05, 0) is 47.5 Å². The van der Waals surface area contributed by atoms with Gasteiger partial charge < -0.3 is 9.64 Å². The molecule has 140 valence electrons. The van der Waals surface area contributed by atoms with E-state index in [9.17, 15) is 14.0 Å². The van der Waals surface area contributed by atoms with Crippen LogP contribution in [0.15, 0.2) is 78.9 Å². The summed E-state index contributed by atoms with van der Waals surface area (Å²) in [5.74, 6) is -1.09. The second kappa shape index (κ2) is 7.64. The van der Waals surface area contributed by atoms with Gasteiger partial charge in [0.05, 0.1) is 5.92 Å². The number of carbonyl (C=O) groups excluding carboxylic acids is 2. The van der Waals surface area contributed by atoms with E-state index >= 15 is 0 Å². The smallest absolute Gasteiger partial charge is 0.316 e. The highest BCUT2D eigenvalue weighted by Crippen LogP contribution is 2.27. The fourth-order valence-corrected chi connectivity index (χ4v) is 3.28. The van der Waals surface area contributed by atoms with Gasteiger partial charge in [-0.2, -0.15) is 0 Å². The van der Waals surface area contributed by atoms with E-state index < -0.39 is 11.9 Å². The zero-order valence-electron chi connectivity index (χ0n) is 15.0. The fourth-order valence-electron chi connectivity index (χ4n) is 3.28. The van der Waals surface area contributed by atoms with Crippen LogP contribution in [0.3, 0.4) is 0 Å². The molecule has 4 rings (SSSR count). The van der Waals surface area contributed by atoms with Crippen LogP contribution < -0.4 is 9.64 Å². The Kier molecular flexibility index (Phi) is 4.89. The lowest BCUT2D eigenvalue weighted by molar-refractivity contribution is -0.139. The first-order valence-electron chi connectivity index (χ1n) is 9.03.